The Labute approximate surface area is 161 Å². The summed E-state index contributed by atoms with van der Waals surface area (Å²) in [6.07, 6.45) is -0.629. The van der Waals surface area contributed by atoms with Crippen LogP contribution in [0.5, 0.6) is 0 Å². The molecule has 2 amide bonds. The number of amides is 2. The molecule has 8 nitrogen and oxygen atoms in total. The Hall–Kier alpha value is -2.65. The Morgan fingerprint density at radius 1 is 1.37 bits per heavy atom. The van der Waals surface area contributed by atoms with E-state index < -0.39 is 18.6 Å². The average Bonchev–Trinajstić information content (AvgIpc) is 3.08. The topological polar surface area (TPSA) is 107 Å². The summed E-state index contributed by atoms with van der Waals surface area (Å²) in [4.78, 5) is 29.0. The molecule has 2 atom stereocenters. The summed E-state index contributed by atoms with van der Waals surface area (Å²) >= 11 is 1.30. The van der Waals surface area contributed by atoms with Gasteiger partial charge < -0.3 is 20.1 Å². The molecular formula is C18H22N4O4S. The van der Waals surface area contributed by atoms with E-state index in [2.05, 4.69) is 45.9 Å². The van der Waals surface area contributed by atoms with E-state index in [1.165, 1.54) is 11.3 Å². The molecule has 144 valence electrons. The second-order valence-corrected chi connectivity index (χ2v) is 7.26. The van der Waals surface area contributed by atoms with Crippen molar-refractivity contribution in [2.45, 2.75) is 26.1 Å². The molecule has 0 radical (unpaired) electrons. The zero-order valence-electron chi connectivity index (χ0n) is 15.2. The summed E-state index contributed by atoms with van der Waals surface area (Å²) in [7, 11) is 0. The van der Waals surface area contributed by atoms with Crippen LogP contribution in [0.25, 0.3) is 11.3 Å². The van der Waals surface area contributed by atoms with Gasteiger partial charge in [0.25, 0.3) is 5.91 Å². The quantitative estimate of drug-likeness (QED) is 0.812. The Bertz CT molecular complexity index is 815. The maximum absolute atomic E-state index is 11.7. The Balaban J connectivity index is 1.69. The van der Waals surface area contributed by atoms with Gasteiger partial charge in [-0.05, 0) is 26.0 Å². The predicted molar refractivity (Wildman–Crippen MR) is 104 cm³/mol. The van der Waals surface area contributed by atoms with Crippen molar-refractivity contribution in [3.05, 3.63) is 29.6 Å². The standard InChI is InChI=1S/C18H22N4O4S/c1-11-7-22(8-12(2)26-11)14-5-3-4-13(6-14)15-10-27-18(20-15)21-16(23)9-25-17(19)24/h3-6,10-12H,7-9H2,1-2H3,(H2,19,24)(H,20,21,23)/t11-,12-/m1/s1. The van der Waals surface area contributed by atoms with Crippen LogP contribution < -0.4 is 16.0 Å². The van der Waals surface area contributed by atoms with E-state index >= 15 is 0 Å². The Morgan fingerprint density at radius 2 is 2.11 bits per heavy atom. The van der Waals surface area contributed by atoms with Crippen LogP contribution in [-0.2, 0) is 14.3 Å². The fourth-order valence-corrected chi connectivity index (χ4v) is 3.74. The van der Waals surface area contributed by atoms with Gasteiger partial charge in [0.15, 0.2) is 11.7 Å². The van der Waals surface area contributed by atoms with E-state index in [-0.39, 0.29) is 12.2 Å². The first kappa shape index (κ1) is 19.1. The van der Waals surface area contributed by atoms with Gasteiger partial charge in [0.05, 0.1) is 17.9 Å². The number of carbonyl (C=O) groups is 2. The van der Waals surface area contributed by atoms with Crippen LogP contribution >= 0.6 is 11.3 Å². The largest absolute Gasteiger partial charge is 0.440 e. The zero-order chi connectivity index (χ0) is 19.4. The minimum atomic E-state index is -0.992. The molecule has 0 aliphatic carbocycles. The molecule has 0 bridgehead atoms. The number of aromatic nitrogens is 1. The second-order valence-electron chi connectivity index (χ2n) is 6.41. The predicted octanol–water partition coefficient (Wildman–Crippen LogP) is 2.46. The number of ether oxygens (including phenoxy) is 2. The molecule has 1 aromatic heterocycles. The van der Waals surface area contributed by atoms with Crippen molar-refractivity contribution in [1.82, 2.24) is 4.98 Å². The van der Waals surface area contributed by atoms with Gasteiger partial charge in [0.2, 0.25) is 0 Å². The first-order valence-corrected chi connectivity index (χ1v) is 9.47. The van der Waals surface area contributed by atoms with Crippen LogP contribution in [0.1, 0.15) is 13.8 Å². The van der Waals surface area contributed by atoms with Crippen molar-refractivity contribution in [3.8, 4) is 11.3 Å². The molecule has 1 aromatic carbocycles. The van der Waals surface area contributed by atoms with Crippen molar-refractivity contribution >= 4 is 34.2 Å². The fourth-order valence-electron chi connectivity index (χ4n) is 3.01. The summed E-state index contributed by atoms with van der Waals surface area (Å²) in [6.45, 7) is 5.39. The van der Waals surface area contributed by atoms with Gasteiger partial charge in [-0.2, -0.15) is 0 Å². The van der Waals surface area contributed by atoms with E-state index in [0.717, 1.165) is 30.0 Å². The van der Waals surface area contributed by atoms with E-state index in [1.54, 1.807) is 0 Å². The van der Waals surface area contributed by atoms with Crippen LogP contribution in [-0.4, -0.2) is 48.9 Å². The minimum absolute atomic E-state index is 0.182. The average molecular weight is 390 g/mol. The van der Waals surface area contributed by atoms with Crippen LogP contribution in [0.15, 0.2) is 29.6 Å². The number of thiazole rings is 1. The number of hydrogen-bond donors (Lipinski definition) is 2. The van der Waals surface area contributed by atoms with Crippen molar-refractivity contribution in [1.29, 1.82) is 0 Å². The number of hydrogen-bond acceptors (Lipinski definition) is 7. The van der Waals surface area contributed by atoms with Crippen LogP contribution in [0.4, 0.5) is 15.6 Å². The Morgan fingerprint density at radius 3 is 2.81 bits per heavy atom. The van der Waals surface area contributed by atoms with Gasteiger partial charge in [0, 0.05) is 29.7 Å². The normalized spacial score (nSPS) is 19.6. The number of morpholine rings is 1. The van der Waals surface area contributed by atoms with Gasteiger partial charge in [0.1, 0.15) is 0 Å². The van der Waals surface area contributed by atoms with Crippen molar-refractivity contribution in [2.24, 2.45) is 5.73 Å². The molecule has 2 aromatic rings. The van der Waals surface area contributed by atoms with Gasteiger partial charge in [-0.25, -0.2) is 9.78 Å². The molecule has 3 N–H and O–H groups in total. The number of benzene rings is 1. The third-order valence-corrected chi connectivity index (χ3v) is 4.78. The lowest BCUT2D eigenvalue weighted by Crippen LogP contribution is -2.45. The van der Waals surface area contributed by atoms with Gasteiger partial charge in [-0.15, -0.1) is 11.3 Å². The maximum Gasteiger partial charge on any atom is 0.405 e. The van der Waals surface area contributed by atoms with E-state index in [4.69, 9.17) is 10.5 Å². The number of nitrogens with zero attached hydrogens (tertiary/aromatic N) is 2. The highest BCUT2D eigenvalue weighted by Crippen LogP contribution is 2.29. The van der Waals surface area contributed by atoms with E-state index in [1.807, 2.05) is 17.5 Å². The molecule has 0 spiro atoms. The molecule has 1 aliphatic heterocycles. The smallest absolute Gasteiger partial charge is 0.405 e. The molecule has 9 heteroatoms. The van der Waals surface area contributed by atoms with Gasteiger partial charge in [-0.3, -0.25) is 10.1 Å². The van der Waals surface area contributed by atoms with Crippen molar-refractivity contribution in [2.75, 3.05) is 29.9 Å². The molecule has 0 saturated carbocycles. The number of nitrogens with one attached hydrogen (secondary N) is 1. The molecular weight excluding hydrogens is 368 g/mol. The SMILES string of the molecule is C[C@@H]1CN(c2cccc(-c3csc(NC(=O)COC(N)=O)n3)c2)C[C@@H](C)O1. The van der Waals surface area contributed by atoms with Crippen molar-refractivity contribution < 1.29 is 19.1 Å². The summed E-state index contributed by atoms with van der Waals surface area (Å²) in [6, 6.07) is 8.13. The summed E-state index contributed by atoms with van der Waals surface area (Å²) in [5.41, 5.74) is 7.68. The van der Waals surface area contributed by atoms with Crippen LogP contribution in [0.3, 0.4) is 0 Å². The summed E-state index contributed by atoms with van der Waals surface area (Å²) in [5, 5.41) is 4.89. The summed E-state index contributed by atoms with van der Waals surface area (Å²) < 4.78 is 10.3. The summed E-state index contributed by atoms with van der Waals surface area (Å²) in [5.74, 6) is -0.486. The lowest BCUT2D eigenvalue weighted by molar-refractivity contribution is -0.118. The third kappa shape index (κ3) is 5.18. The number of anilines is 2. The van der Waals surface area contributed by atoms with Gasteiger partial charge >= 0.3 is 6.09 Å². The number of primary amides is 1. The number of carbonyl (C=O) groups excluding carboxylic acids is 2. The first-order chi connectivity index (χ1) is 12.9. The number of rotatable bonds is 5. The lowest BCUT2D eigenvalue weighted by Gasteiger charge is -2.37. The first-order valence-electron chi connectivity index (χ1n) is 8.59. The monoisotopic (exact) mass is 390 g/mol. The highest BCUT2D eigenvalue weighted by molar-refractivity contribution is 7.14. The van der Waals surface area contributed by atoms with Gasteiger partial charge in [-0.1, -0.05) is 12.1 Å². The molecule has 0 unspecified atom stereocenters. The molecule has 2 heterocycles. The molecule has 3 rings (SSSR count). The minimum Gasteiger partial charge on any atom is -0.440 e. The van der Waals surface area contributed by atoms with E-state index in [0.29, 0.717) is 5.13 Å². The molecule has 1 fully saturated rings. The number of nitrogens with two attached hydrogens (primary N) is 1. The van der Waals surface area contributed by atoms with Crippen molar-refractivity contribution in [3.63, 3.8) is 0 Å². The molecule has 1 aliphatic rings. The van der Waals surface area contributed by atoms with Crippen LogP contribution in [0.2, 0.25) is 0 Å². The highest BCUT2D eigenvalue weighted by atomic mass is 32.1. The zero-order valence-corrected chi connectivity index (χ0v) is 16.0. The van der Waals surface area contributed by atoms with E-state index in [9.17, 15) is 9.59 Å². The fraction of sp³-hybridized carbons (Fsp3) is 0.389. The third-order valence-electron chi connectivity index (χ3n) is 4.02. The maximum atomic E-state index is 11.7. The van der Waals surface area contributed by atoms with Crippen LogP contribution in [0, 0.1) is 0 Å². The lowest BCUT2D eigenvalue weighted by atomic mass is 10.1. The molecule has 1 saturated heterocycles. The highest BCUT2D eigenvalue weighted by Gasteiger charge is 2.22. The Kier molecular flexibility index (Phi) is 5.92. The second kappa shape index (κ2) is 8.36. The molecule has 27 heavy (non-hydrogen) atoms.